The molecule has 0 fully saturated rings. The first kappa shape index (κ1) is 21.1. The summed E-state index contributed by atoms with van der Waals surface area (Å²) in [4.78, 5) is 33.2. The molecule has 7 nitrogen and oxygen atoms in total. The molecule has 0 N–H and O–H groups in total. The Kier molecular flexibility index (Phi) is 6.04. The highest BCUT2D eigenvalue weighted by molar-refractivity contribution is 6.08. The molecule has 0 aliphatic carbocycles. The van der Waals surface area contributed by atoms with Crippen LogP contribution in [0.15, 0.2) is 48.5 Å². The normalized spacial score (nSPS) is 18.3. The molecular formula is C24H27N3O4. The minimum absolute atomic E-state index is 0.213. The fourth-order valence-electron chi connectivity index (χ4n) is 4.32. The molecule has 3 aromatic rings. The molecular weight excluding hydrogens is 394 g/mol. The zero-order chi connectivity index (χ0) is 22.0. The standard InChI is InChI=1S/C24H27N3O4/c1-4-31-23(29)20-21(17-11-6-5-10-16(17)2)27-19-13-8-7-12-18(19)25-24(27)26(22(20)28)14-9-15-30-3/h5-8,10-13,20-21H,4,9,14-15H2,1-3H3/t20-,21+/m0/s1. The molecule has 7 heteroatoms. The quantitative estimate of drug-likeness (QED) is 0.332. The molecule has 0 saturated heterocycles. The molecule has 162 valence electrons. The molecule has 0 radical (unpaired) electrons. The van der Waals surface area contributed by atoms with E-state index < -0.39 is 17.9 Å². The first-order chi connectivity index (χ1) is 15.1. The first-order valence-electron chi connectivity index (χ1n) is 10.6. The number of carbonyl (C=O) groups is 2. The highest BCUT2D eigenvalue weighted by atomic mass is 16.5. The molecule has 0 unspecified atom stereocenters. The van der Waals surface area contributed by atoms with Crippen molar-refractivity contribution in [2.75, 3.05) is 31.8 Å². The summed E-state index contributed by atoms with van der Waals surface area (Å²) < 4.78 is 12.6. The van der Waals surface area contributed by atoms with Gasteiger partial charge in [0.15, 0.2) is 5.92 Å². The van der Waals surface area contributed by atoms with E-state index in [1.165, 1.54) is 0 Å². The Morgan fingerprint density at radius 2 is 1.87 bits per heavy atom. The first-order valence-corrected chi connectivity index (χ1v) is 10.6. The second-order valence-corrected chi connectivity index (χ2v) is 7.64. The van der Waals surface area contributed by atoms with Gasteiger partial charge < -0.3 is 14.0 Å². The van der Waals surface area contributed by atoms with Gasteiger partial charge >= 0.3 is 5.97 Å². The van der Waals surface area contributed by atoms with E-state index in [4.69, 9.17) is 14.5 Å². The predicted molar refractivity (Wildman–Crippen MR) is 118 cm³/mol. The molecule has 2 aromatic carbocycles. The molecule has 1 aromatic heterocycles. The van der Waals surface area contributed by atoms with Crippen LogP contribution in [0.3, 0.4) is 0 Å². The number of hydrogen-bond donors (Lipinski definition) is 0. The summed E-state index contributed by atoms with van der Waals surface area (Å²) in [6, 6.07) is 15.1. The van der Waals surface area contributed by atoms with Crippen LogP contribution in [0.1, 0.15) is 30.5 Å². The topological polar surface area (TPSA) is 73.7 Å². The number of imidazole rings is 1. The zero-order valence-corrected chi connectivity index (χ0v) is 18.1. The third-order valence-electron chi connectivity index (χ3n) is 5.72. The van der Waals surface area contributed by atoms with E-state index in [0.717, 1.165) is 22.2 Å². The van der Waals surface area contributed by atoms with Crippen molar-refractivity contribution in [3.05, 3.63) is 59.7 Å². The van der Waals surface area contributed by atoms with Crippen LogP contribution < -0.4 is 4.90 Å². The minimum Gasteiger partial charge on any atom is -0.465 e. The van der Waals surface area contributed by atoms with Gasteiger partial charge in [-0.2, -0.15) is 0 Å². The number of fused-ring (bicyclic) bond motifs is 3. The number of aromatic nitrogens is 2. The van der Waals surface area contributed by atoms with Crippen LogP contribution in [0.5, 0.6) is 0 Å². The Hall–Kier alpha value is -3.19. The van der Waals surface area contributed by atoms with Gasteiger partial charge in [-0.25, -0.2) is 4.98 Å². The van der Waals surface area contributed by atoms with Gasteiger partial charge in [0, 0.05) is 20.3 Å². The monoisotopic (exact) mass is 421 g/mol. The van der Waals surface area contributed by atoms with Gasteiger partial charge in [0.25, 0.3) is 0 Å². The van der Waals surface area contributed by atoms with Crippen molar-refractivity contribution in [2.24, 2.45) is 5.92 Å². The predicted octanol–water partition coefficient (Wildman–Crippen LogP) is 3.50. The lowest BCUT2D eigenvalue weighted by Gasteiger charge is -2.38. The molecule has 2 atom stereocenters. The van der Waals surface area contributed by atoms with Crippen LogP contribution in [0, 0.1) is 12.8 Å². The Morgan fingerprint density at radius 1 is 1.13 bits per heavy atom. The van der Waals surface area contributed by atoms with E-state index >= 15 is 0 Å². The SMILES string of the molecule is CCOC(=O)[C@@H]1C(=O)N(CCCOC)c2nc3ccccc3n2[C@@H]1c1ccccc1C. The van der Waals surface area contributed by atoms with Crippen molar-refractivity contribution in [3.8, 4) is 0 Å². The summed E-state index contributed by atoms with van der Waals surface area (Å²) in [5.74, 6) is -1.24. The number of carbonyl (C=O) groups excluding carboxylic acids is 2. The lowest BCUT2D eigenvalue weighted by molar-refractivity contribution is -0.153. The largest absolute Gasteiger partial charge is 0.465 e. The number of rotatable bonds is 7. The third-order valence-corrected chi connectivity index (χ3v) is 5.72. The maximum Gasteiger partial charge on any atom is 0.321 e. The lowest BCUT2D eigenvalue weighted by atomic mass is 9.87. The number of para-hydroxylation sites is 2. The number of benzene rings is 2. The van der Waals surface area contributed by atoms with Crippen LogP contribution in [0.4, 0.5) is 5.95 Å². The highest BCUT2D eigenvalue weighted by Gasteiger charge is 2.48. The van der Waals surface area contributed by atoms with E-state index in [1.54, 1.807) is 18.9 Å². The number of hydrogen-bond acceptors (Lipinski definition) is 5. The Bertz CT molecular complexity index is 1110. The number of ether oxygens (including phenoxy) is 2. The van der Waals surface area contributed by atoms with Crippen molar-refractivity contribution in [3.63, 3.8) is 0 Å². The third kappa shape index (κ3) is 3.70. The summed E-state index contributed by atoms with van der Waals surface area (Å²) in [6.45, 7) is 4.88. The Labute approximate surface area is 181 Å². The molecule has 1 amide bonds. The van der Waals surface area contributed by atoms with Gasteiger partial charge in [-0.15, -0.1) is 0 Å². The molecule has 31 heavy (non-hydrogen) atoms. The Balaban J connectivity index is 1.96. The smallest absolute Gasteiger partial charge is 0.321 e. The van der Waals surface area contributed by atoms with Crippen molar-refractivity contribution in [1.82, 2.24) is 9.55 Å². The maximum absolute atomic E-state index is 13.7. The summed E-state index contributed by atoms with van der Waals surface area (Å²) in [5, 5.41) is 0. The number of anilines is 1. The van der Waals surface area contributed by atoms with E-state index in [2.05, 4.69) is 0 Å². The summed E-state index contributed by atoms with van der Waals surface area (Å²) in [5.41, 5.74) is 3.58. The number of aryl methyl sites for hydroxylation is 1. The molecule has 0 bridgehead atoms. The molecule has 0 spiro atoms. The van der Waals surface area contributed by atoms with Crippen molar-refractivity contribution >= 4 is 28.9 Å². The average Bonchev–Trinajstić information content (AvgIpc) is 3.14. The second kappa shape index (κ2) is 8.89. The van der Waals surface area contributed by atoms with Gasteiger partial charge in [-0.05, 0) is 43.5 Å². The summed E-state index contributed by atoms with van der Waals surface area (Å²) in [7, 11) is 1.63. The number of methoxy groups -OCH3 is 1. The van der Waals surface area contributed by atoms with Gasteiger partial charge in [0.05, 0.1) is 23.7 Å². The fourth-order valence-corrected chi connectivity index (χ4v) is 4.32. The molecule has 1 aliphatic rings. The number of nitrogens with zero attached hydrogens (tertiary/aromatic N) is 3. The van der Waals surface area contributed by atoms with Crippen LogP contribution in [0.25, 0.3) is 11.0 Å². The molecule has 0 saturated carbocycles. The molecule has 2 heterocycles. The van der Waals surface area contributed by atoms with Gasteiger partial charge in [0.1, 0.15) is 0 Å². The molecule has 1 aliphatic heterocycles. The van der Waals surface area contributed by atoms with Crippen molar-refractivity contribution in [1.29, 1.82) is 0 Å². The summed E-state index contributed by atoms with van der Waals surface area (Å²) in [6.07, 6.45) is 0.635. The minimum atomic E-state index is -0.992. The van der Waals surface area contributed by atoms with Crippen molar-refractivity contribution < 1.29 is 19.1 Å². The zero-order valence-electron chi connectivity index (χ0n) is 18.1. The highest BCUT2D eigenvalue weighted by Crippen LogP contribution is 2.42. The van der Waals surface area contributed by atoms with E-state index in [9.17, 15) is 9.59 Å². The Morgan fingerprint density at radius 3 is 2.61 bits per heavy atom. The van der Waals surface area contributed by atoms with Crippen LogP contribution in [-0.4, -0.2) is 48.3 Å². The van der Waals surface area contributed by atoms with E-state index in [1.807, 2.05) is 60.0 Å². The van der Waals surface area contributed by atoms with Crippen molar-refractivity contribution in [2.45, 2.75) is 26.3 Å². The number of esters is 1. The van der Waals surface area contributed by atoms with Gasteiger partial charge in [0.2, 0.25) is 11.9 Å². The second-order valence-electron chi connectivity index (χ2n) is 7.64. The molecule has 4 rings (SSSR count). The van der Waals surface area contributed by atoms with Crippen LogP contribution in [-0.2, 0) is 19.1 Å². The number of amides is 1. The fraction of sp³-hybridized carbons (Fsp3) is 0.375. The van der Waals surface area contributed by atoms with E-state index in [0.29, 0.717) is 25.5 Å². The average molecular weight is 421 g/mol. The van der Waals surface area contributed by atoms with Gasteiger partial charge in [-0.1, -0.05) is 36.4 Å². The van der Waals surface area contributed by atoms with E-state index in [-0.39, 0.29) is 12.5 Å². The van der Waals surface area contributed by atoms with Gasteiger partial charge in [-0.3, -0.25) is 14.5 Å². The van der Waals surface area contributed by atoms with Crippen LogP contribution in [0.2, 0.25) is 0 Å². The summed E-state index contributed by atoms with van der Waals surface area (Å²) >= 11 is 0. The van der Waals surface area contributed by atoms with Crippen LogP contribution >= 0.6 is 0 Å². The lowest BCUT2D eigenvalue weighted by Crippen LogP contribution is -2.50. The maximum atomic E-state index is 13.7.